The summed E-state index contributed by atoms with van der Waals surface area (Å²) < 4.78 is 39.6. The minimum atomic E-state index is -4.54. The fourth-order valence-electron chi connectivity index (χ4n) is 3.20. The lowest BCUT2D eigenvalue weighted by Gasteiger charge is -2.21. The Balaban J connectivity index is 2.02. The summed E-state index contributed by atoms with van der Waals surface area (Å²) >= 11 is 1.08. The van der Waals surface area contributed by atoms with E-state index in [9.17, 15) is 32.7 Å². The van der Waals surface area contributed by atoms with Crippen LogP contribution >= 0.6 is 11.3 Å². The van der Waals surface area contributed by atoms with Gasteiger partial charge in [0, 0.05) is 26.0 Å². The Kier molecular flexibility index (Phi) is 6.68. The molecule has 8 nitrogen and oxygen atoms in total. The zero-order chi connectivity index (χ0) is 24.5. The number of amides is 3. The van der Waals surface area contributed by atoms with Crippen molar-refractivity contribution in [2.24, 2.45) is 0 Å². The van der Waals surface area contributed by atoms with E-state index in [0.717, 1.165) is 16.2 Å². The highest BCUT2D eigenvalue weighted by atomic mass is 32.1. The van der Waals surface area contributed by atoms with E-state index in [-0.39, 0.29) is 22.6 Å². The second kappa shape index (κ2) is 9.14. The van der Waals surface area contributed by atoms with Crippen molar-refractivity contribution in [1.29, 1.82) is 0 Å². The molecule has 0 saturated heterocycles. The van der Waals surface area contributed by atoms with Crippen molar-refractivity contribution in [3.05, 3.63) is 57.5 Å². The molecule has 1 aromatic heterocycles. The van der Waals surface area contributed by atoms with Gasteiger partial charge in [0.2, 0.25) is 0 Å². The van der Waals surface area contributed by atoms with Gasteiger partial charge in [-0.3, -0.25) is 19.3 Å². The number of rotatable bonds is 7. The number of para-hydroxylation sites is 1. The van der Waals surface area contributed by atoms with Gasteiger partial charge in [-0.05, 0) is 23.6 Å². The highest BCUT2D eigenvalue weighted by Crippen LogP contribution is 2.35. The van der Waals surface area contributed by atoms with Gasteiger partial charge < -0.3 is 20.6 Å². The van der Waals surface area contributed by atoms with Gasteiger partial charge in [-0.25, -0.2) is 0 Å². The molecule has 0 saturated carbocycles. The Morgan fingerprint density at radius 3 is 2.39 bits per heavy atom. The average molecular weight is 482 g/mol. The molecule has 3 N–H and O–H groups in total. The number of anilines is 1. The predicted octanol–water partition coefficient (Wildman–Crippen LogP) is 3.06. The molecule has 0 radical (unpaired) electrons. The van der Waals surface area contributed by atoms with Crippen molar-refractivity contribution in [1.82, 2.24) is 15.1 Å². The van der Waals surface area contributed by atoms with Gasteiger partial charge in [-0.2, -0.15) is 13.2 Å². The molecular weight excluding hydrogens is 461 g/mol. The zero-order valence-corrected chi connectivity index (χ0v) is 18.7. The number of nitrogens with zero attached hydrogens (tertiary/aromatic N) is 2. The maximum atomic E-state index is 13.2. The Hall–Kier alpha value is -3.54. The fourth-order valence-corrected chi connectivity index (χ4v) is 3.98. The van der Waals surface area contributed by atoms with Crippen LogP contribution < -0.4 is 10.6 Å². The van der Waals surface area contributed by atoms with E-state index in [1.165, 1.54) is 50.3 Å². The molecule has 1 atom stereocenters. The van der Waals surface area contributed by atoms with Crippen molar-refractivity contribution < 1.29 is 32.7 Å². The van der Waals surface area contributed by atoms with Crippen molar-refractivity contribution >= 4 is 34.7 Å². The third-order valence-electron chi connectivity index (χ3n) is 4.86. The zero-order valence-electron chi connectivity index (χ0n) is 17.9. The van der Waals surface area contributed by atoms with Crippen LogP contribution in [0.5, 0.6) is 5.75 Å². The molecule has 0 aliphatic carbocycles. The number of alkyl halides is 3. The maximum Gasteiger partial charge on any atom is 0.391 e. The standard InChI is InChI=1S/C21H21F3N4O4S/c1-27(2)18(30)11-6-4-7-12(17(11)29)25-15-16(20(32)28(3)19(15)31)26-13(10-21(22,23)24)14-8-5-9-33-14/h4-9,13,25-26,29H,10H2,1-3H3/t13-/m1/s1. The van der Waals surface area contributed by atoms with Crippen LogP contribution in [0.4, 0.5) is 18.9 Å². The highest BCUT2D eigenvalue weighted by molar-refractivity contribution is 7.10. The smallest absolute Gasteiger partial charge is 0.391 e. The van der Waals surface area contributed by atoms with Crippen LogP contribution in [0, 0.1) is 0 Å². The lowest BCUT2D eigenvalue weighted by molar-refractivity contribution is -0.141. The number of likely N-dealkylation sites (N-methyl/N-ethyl adjacent to an activating group) is 1. The van der Waals surface area contributed by atoms with Crippen molar-refractivity contribution in [2.45, 2.75) is 18.6 Å². The van der Waals surface area contributed by atoms with Gasteiger partial charge in [-0.15, -0.1) is 11.3 Å². The average Bonchev–Trinajstić information content (AvgIpc) is 3.33. The SMILES string of the molecule is CN(C)C(=O)c1cccc(NC2=C(N[C@H](CC(F)(F)F)c3cccs3)C(=O)N(C)C2=O)c1O. The molecule has 0 spiro atoms. The molecule has 2 heterocycles. The number of hydrogen-bond donors (Lipinski definition) is 3. The second-order valence-corrected chi connectivity index (χ2v) is 8.46. The predicted molar refractivity (Wildman–Crippen MR) is 115 cm³/mol. The summed E-state index contributed by atoms with van der Waals surface area (Å²) in [7, 11) is 4.18. The molecule has 33 heavy (non-hydrogen) atoms. The Morgan fingerprint density at radius 2 is 1.82 bits per heavy atom. The van der Waals surface area contributed by atoms with E-state index in [4.69, 9.17) is 0 Å². The first-order valence-electron chi connectivity index (χ1n) is 9.64. The van der Waals surface area contributed by atoms with Crippen LogP contribution in [0.1, 0.15) is 27.7 Å². The molecule has 1 aromatic carbocycles. The van der Waals surface area contributed by atoms with Crippen molar-refractivity contribution in [3.63, 3.8) is 0 Å². The number of imide groups is 1. The number of nitrogens with one attached hydrogen (secondary N) is 2. The van der Waals surface area contributed by atoms with E-state index in [1.54, 1.807) is 11.4 Å². The van der Waals surface area contributed by atoms with Crippen LogP contribution in [0.2, 0.25) is 0 Å². The third kappa shape index (κ3) is 5.11. The Labute approximate surface area is 191 Å². The number of carbonyl (C=O) groups excluding carboxylic acids is 3. The number of halogens is 3. The number of hydrogen-bond acceptors (Lipinski definition) is 7. The summed E-state index contributed by atoms with van der Waals surface area (Å²) in [5.41, 5.74) is -0.819. The van der Waals surface area contributed by atoms with Crippen LogP contribution in [-0.2, 0) is 9.59 Å². The Bertz CT molecular complexity index is 1110. The molecule has 0 unspecified atom stereocenters. The van der Waals surface area contributed by atoms with Gasteiger partial charge in [0.25, 0.3) is 17.7 Å². The molecular formula is C21H21F3N4O4S. The van der Waals surface area contributed by atoms with E-state index >= 15 is 0 Å². The monoisotopic (exact) mass is 482 g/mol. The van der Waals surface area contributed by atoms with Crippen LogP contribution in [0.25, 0.3) is 0 Å². The van der Waals surface area contributed by atoms with Crippen molar-refractivity contribution in [2.75, 3.05) is 26.5 Å². The molecule has 176 valence electrons. The van der Waals surface area contributed by atoms with Gasteiger partial charge in [0.05, 0.1) is 23.7 Å². The summed E-state index contributed by atoms with van der Waals surface area (Å²) in [6.07, 6.45) is -5.81. The van der Waals surface area contributed by atoms with Gasteiger partial charge >= 0.3 is 6.18 Å². The molecule has 1 aliphatic rings. The molecule has 0 bridgehead atoms. The topological polar surface area (TPSA) is 102 Å². The maximum absolute atomic E-state index is 13.2. The molecule has 3 rings (SSSR count). The second-order valence-electron chi connectivity index (χ2n) is 7.48. The van der Waals surface area contributed by atoms with Gasteiger partial charge in [0.15, 0.2) is 5.75 Å². The largest absolute Gasteiger partial charge is 0.505 e. The number of phenols is 1. The molecule has 12 heteroatoms. The molecule has 0 fully saturated rings. The first kappa shape index (κ1) is 24.1. The summed E-state index contributed by atoms with van der Waals surface area (Å²) in [6, 6.07) is 5.97. The highest BCUT2D eigenvalue weighted by Gasteiger charge is 2.40. The quantitative estimate of drug-likeness (QED) is 0.414. The summed E-state index contributed by atoms with van der Waals surface area (Å²) in [5, 5.41) is 17.3. The first-order valence-corrected chi connectivity index (χ1v) is 10.5. The summed E-state index contributed by atoms with van der Waals surface area (Å²) in [5.74, 6) is -2.60. The number of phenolic OH excluding ortho intramolecular Hbond substituents is 1. The van der Waals surface area contributed by atoms with Crippen LogP contribution in [-0.4, -0.2) is 59.9 Å². The van der Waals surface area contributed by atoms with Gasteiger partial charge in [-0.1, -0.05) is 12.1 Å². The number of benzene rings is 1. The lowest BCUT2D eigenvalue weighted by atomic mass is 10.1. The number of carbonyl (C=O) groups is 3. The van der Waals surface area contributed by atoms with E-state index in [1.807, 2.05) is 0 Å². The lowest BCUT2D eigenvalue weighted by Crippen LogP contribution is -2.32. The van der Waals surface area contributed by atoms with E-state index < -0.39 is 42.1 Å². The van der Waals surface area contributed by atoms with E-state index in [0.29, 0.717) is 4.88 Å². The molecule has 3 amide bonds. The molecule has 2 aromatic rings. The third-order valence-corrected chi connectivity index (χ3v) is 5.85. The Morgan fingerprint density at radius 1 is 1.15 bits per heavy atom. The first-order chi connectivity index (χ1) is 15.4. The van der Waals surface area contributed by atoms with Crippen molar-refractivity contribution in [3.8, 4) is 5.75 Å². The minimum Gasteiger partial charge on any atom is -0.505 e. The summed E-state index contributed by atoms with van der Waals surface area (Å²) in [4.78, 5) is 40.0. The van der Waals surface area contributed by atoms with E-state index in [2.05, 4.69) is 10.6 Å². The van der Waals surface area contributed by atoms with Crippen LogP contribution in [0.3, 0.4) is 0 Å². The van der Waals surface area contributed by atoms with Gasteiger partial charge in [0.1, 0.15) is 11.4 Å². The normalized spacial score (nSPS) is 15.2. The number of aromatic hydroxyl groups is 1. The van der Waals surface area contributed by atoms with Crippen LogP contribution in [0.15, 0.2) is 47.1 Å². The summed E-state index contributed by atoms with van der Waals surface area (Å²) in [6.45, 7) is 0. The minimum absolute atomic E-state index is 0.0567. The fraction of sp³-hybridized carbons (Fsp3) is 0.286. The molecule has 1 aliphatic heterocycles. The number of thiophene rings is 1.